The highest BCUT2D eigenvalue weighted by molar-refractivity contribution is 5.91. The fourth-order valence-electron chi connectivity index (χ4n) is 3.40. The minimum Gasteiger partial charge on any atom is -0.493 e. The number of rotatable bonds is 8. The van der Waals surface area contributed by atoms with E-state index in [9.17, 15) is 4.79 Å². The number of nitrogens with zero attached hydrogens (tertiary/aromatic N) is 1. The Morgan fingerprint density at radius 3 is 2.29 bits per heavy atom. The van der Waals surface area contributed by atoms with E-state index >= 15 is 0 Å². The fourth-order valence-corrected chi connectivity index (χ4v) is 3.40. The van der Waals surface area contributed by atoms with Crippen LogP contribution in [-0.4, -0.2) is 39.8 Å². The highest BCUT2D eigenvalue weighted by atomic mass is 16.5. The Morgan fingerprint density at radius 2 is 1.61 bits per heavy atom. The molecule has 0 bridgehead atoms. The van der Waals surface area contributed by atoms with E-state index in [2.05, 4.69) is 27.7 Å². The predicted molar refractivity (Wildman–Crippen MR) is 114 cm³/mol. The number of hydrogen-bond donors (Lipinski definition) is 2. The van der Waals surface area contributed by atoms with E-state index in [0.717, 1.165) is 24.5 Å². The number of piperidine rings is 1. The predicted octanol–water partition coefficient (Wildman–Crippen LogP) is 4.13. The summed E-state index contributed by atoms with van der Waals surface area (Å²) in [5.74, 6) is 1.32. The van der Waals surface area contributed by atoms with Crippen molar-refractivity contribution in [3.63, 3.8) is 0 Å². The second-order valence-corrected chi connectivity index (χ2v) is 6.89. The molecule has 2 aromatic carbocycles. The monoisotopic (exact) mass is 383 g/mol. The van der Waals surface area contributed by atoms with Crippen molar-refractivity contribution in [2.45, 2.75) is 25.7 Å². The summed E-state index contributed by atoms with van der Waals surface area (Å²) in [5, 5.41) is 6.19. The van der Waals surface area contributed by atoms with Crippen LogP contribution < -0.4 is 25.0 Å². The maximum absolute atomic E-state index is 12.2. The zero-order valence-corrected chi connectivity index (χ0v) is 16.7. The quantitative estimate of drug-likeness (QED) is 0.717. The van der Waals surface area contributed by atoms with Crippen LogP contribution in [-0.2, 0) is 4.79 Å². The molecule has 1 saturated heterocycles. The van der Waals surface area contributed by atoms with Crippen molar-refractivity contribution in [3.05, 3.63) is 42.5 Å². The van der Waals surface area contributed by atoms with Crippen molar-refractivity contribution in [3.8, 4) is 11.5 Å². The summed E-state index contributed by atoms with van der Waals surface area (Å²) in [6.45, 7) is 2.77. The van der Waals surface area contributed by atoms with Gasteiger partial charge in [0.15, 0.2) is 11.5 Å². The van der Waals surface area contributed by atoms with Gasteiger partial charge in [0, 0.05) is 49.2 Å². The van der Waals surface area contributed by atoms with Crippen molar-refractivity contribution in [2.24, 2.45) is 0 Å². The van der Waals surface area contributed by atoms with Crippen molar-refractivity contribution in [1.29, 1.82) is 0 Å². The lowest BCUT2D eigenvalue weighted by Crippen LogP contribution is -2.29. The lowest BCUT2D eigenvalue weighted by molar-refractivity contribution is -0.115. The number of carbonyl (C=O) groups excluding carboxylic acids is 1. The average Bonchev–Trinajstić information content (AvgIpc) is 2.74. The summed E-state index contributed by atoms with van der Waals surface area (Å²) in [5.41, 5.74) is 2.95. The SMILES string of the molecule is COc1ccc(NCCC(=O)Nc2ccc(N3CCCCC3)cc2)cc1OC. The van der Waals surface area contributed by atoms with Crippen molar-refractivity contribution >= 4 is 23.0 Å². The lowest BCUT2D eigenvalue weighted by Gasteiger charge is -2.28. The standard InChI is InChI=1S/C22H29N3O3/c1-27-20-11-8-18(16-21(20)28-2)23-13-12-22(26)24-17-6-9-19(10-7-17)25-14-4-3-5-15-25/h6-11,16,23H,3-5,12-15H2,1-2H3,(H,24,26). The first-order valence-electron chi connectivity index (χ1n) is 9.80. The first-order valence-corrected chi connectivity index (χ1v) is 9.80. The minimum atomic E-state index is -0.0151. The molecule has 6 nitrogen and oxygen atoms in total. The molecule has 150 valence electrons. The van der Waals surface area contributed by atoms with Gasteiger partial charge in [-0.3, -0.25) is 4.79 Å². The molecule has 6 heteroatoms. The van der Waals surface area contributed by atoms with Crippen molar-refractivity contribution < 1.29 is 14.3 Å². The molecule has 0 unspecified atom stereocenters. The molecule has 1 fully saturated rings. The highest BCUT2D eigenvalue weighted by Crippen LogP contribution is 2.29. The Balaban J connectivity index is 1.45. The number of methoxy groups -OCH3 is 2. The van der Waals surface area contributed by atoms with Gasteiger partial charge in [0.1, 0.15) is 0 Å². The molecule has 1 aliphatic rings. The average molecular weight is 383 g/mol. The summed E-state index contributed by atoms with van der Waals surface area (Å²) >= 11 is 0. The molecular weight excluding hydrogens is 354 g/mol. The van der Waals surface area contributed by atoms with Gasteiger partial charge < -0.3 is 25.0 Å². The normalized spacial score (nSPS) is 13.7. The number of ether oxygens (including phenoxy) is 2. The largest absolute Gasteiger partial charge is 0.493 e. The topological polar surface area (TPSA) is 62.8 Å². The van der Waals surface area contributed by atoms with E-state index in [4.69, 9.17) is 9.47 Å². The molecule has 0 aromatic heterocycles. The molecule has 0 atom stereocenters. The second kappa shape index (κ2) is 9.88. The van der Waals surface area contributed by atoms with Crippen LogP contribution >= 0.6 is 0 Å². The van der Waals surface area contributed by atoms with E-state index < -0.39 is 0 Å². The molecule has 0 radical (unpaired) electrons. The van der Waals surface area contributed by atoms with Gasteiger partial charge in [-0.1, -0.05) is 0 Å². The Bertz CT molecular complexity index is 771. The van der Waals surface area contributed by atoms with Crippen LogP contribution in [0.25, 0.3) is 0 Å². The van der Waals surface area contributed by atoms with Gasteiger partial charge in [-0.25, -0.2) is 0 Å². The summed E-state index contributed by atoms with van der Waals surface area (Å²) in [4.78, 5) is 14.6. The molecule has 1 heterocycles. The van der Waals surface area contributed by atoms with Gasteiger partial charge in [-0.15, -0.1) is 0 Å². The van der Waals surface area contributed by atoms with Crippen LogP contribution in [0.1, 0.15) is 25.7 Å². The molecule has 2 aromatic rings. The molecule has 0 spiro atoms. The summed E-state index contributed by atoms with van der Waals surface area (Å²) in [6.07, 6.45) is 4.21. The number of carbonyl (C=O) groups is 1. The van der Waals surface area contributed by atoms with Gasteiger partial charge in [0.2, 0.25) is 5.91 Å². The number of benzene rings is 2. The smallest absolute Gasteiger partial charge is 0.226 e. The molecule has 2 N–H and O–H groups in total. The number of amides is 1. The van der Waals surface area contributed by atoms with Crippen LogP contribution in [0.4, 0.5) is 17.1 Å². The van der Waals surface area contributed by atoms with E-state index in [1.54, 1.807) is 14.2 Å². The van der Waals surface area contributed by atoms with E-state index in [1.165, 1.54) is 24.9 Å². The molecular formula is C22H29N3O3. The Kier molecular flexibility index (Phi) is 7.00. The molecule has 1 aliphatic heterocycles. The number of hydrogen-bond acceptors (Lipinski definition) is 5. The third kappa shape index (κ3) is 5.31. The molecule has 0 aliphatic carbocycles. The van der Waals surface area contributed by atoms with Gasteiger partial charge >= 0.3 is 0 Å². The summed E-state index contributed by atoms with van der Waals surface area (Å²) in [6, 6.07) is 13.7. The van der Waals surface area contributed by atoms with Crippen molar-refractivity contribution in [2.75, 3.05) is 49.4 Å². The van der Waals surface area contributed by atoms with Gasteiger partial charge in [0.25, 0.3) is 0 Å². The maximum atomic E-state index is 12.2. The molecule has 28 heavy (non-hydrogen) atoms. The van der Waals surface area contributed by atoms with E-state index in [-0.39, 0.29) is 5.91 Å². The number of anilines is 3. The van der Waals surface area contributed by atoms with Crippen LogP contribution in [0.15, 0.2) is 42.5 Å². The number of nitrogens with one attached hydrogen (secondary N) is 2. The fraction of sp³-hybridized carbons (Fsp3) is 0.409. The summed E-state index contributed by atoms with van der Waals surface area (Å²) < 4.78 is 10.5. The van der Waals surface area contributed by atoms with E-state index in [1.807, 2.05) is 30.3 Å². The zero-order chi connectivity index (χ0) is 19.8. The zero-order valence-electron chi connectivity index (χ0n) is 16.7. The first kappa shape index (κ1) is 19.9. The molecule has 0 saturated carbocycles. The van der Waals surface area contributed by atoms with E-state index in [0.29, 0.717) is 24.5 Å². The third-order valence-corrected chi connectivity index (χ3v) is 4.94. The molecule has 1 amide bonds. The van der Waals surface area contributed by atoms with Gasteiger partial charge in [-0.05, 0) is 55.7 Å². The third-order valence-electron chi connectivity index (χ3n) is 4.94. The molecule has 3 rings (SSSR count). The highest BCUT2D eigenvalue weighted by Gasteiger charge is 2.11. The Morgan fingerprint density at radius 1 is 0.929 bits per heavy atom. The lowest BCUT2D eigenvalue weighted by atomic mass is 10.1. The summed E-state index contributed by atoms with van der Waals surface area (Å²) in [7, 11) is 3.21. The Labute approximate surface area is 166 Å². The van der Waals surface area contributed by atoms with Crippen molar-refractivity contribution in [1.82, 2.24) is 0 Å². The maximum Gasteiger partial charge on any atom is 0.226 e. The second-order valence-electron chi connectivity index (χ2n) is 6.89. The van der Waals surface area contributed by atoms with Crippen LogP contribution in [0.5, 0.6) is 11.5 Å². The van der Waals surface area contributed by atoms with Crippen LogP contribution in [0.3, 0.4) is 0 Å². The Hall–Kier alpha value is -2.89. The van der Waals surface area contributed by atoms with Gasteiger partial charge in [-0.2, -0.15) is 0 Å². The van der Waals surface area contributed by atoms with Crippen LogP contribution in [0.2, 0.25) is 0 Å². The minimum absolute atomic E-state index is 0.0151. The first-order chi connectivity index (χ1) is 13.7. The van der Waals surface area contributed by atoms with Crippen LogP contribution in [0, 0.1) is 0 Å². The van der Waals surface area contributed by atoms with Gasteiger partial charge in [0.05, 0.1) is 14.2 Å².